The van der Waals surface area contributed by atoms with Crippen molar-refractivity contribution in [2.24, 2.45) is 0 Å². The maximum Gasteiger partial charge on any atom is 0.148 e. The molecule has 1 heterocycles. The van der Waals surface area contributed by atoms with Gasteiger partial charge in [0, 0.05) is 25.7 Å². The van der Waals surface area contributed by atoms with Gasteiger partial charge in [-0.05, 0) is 23.6 Å². The first kappa shape index (κ1) is 10.7. The van der Waals surface area contributed by atoms with Gasteiger partial charge in [0.1, 0.15) is 11.6 Å². The van der Waals surface area contributed by atoms with E-state index in [4.69, 9.17) is 4.74 Å². The third kappa shape index (κ3) is 2.06. The van der Waals surface area contributed by atoms with Gasteiger partial charge in [-0.3, -0.25) is 0 Å². The summed E-state index contributed by atoms with van der Waals surface area (Å²) in [7, 11) is 5.53. The molecule has 4 nitrogen and oxygen atoms in total. The molecule has 1 N–H and O–H groups in total. The van der Waals surface area contributed by atoms with Crippen LogP contribution in [0.25, 0.3) is 10.8 Å². The number of anilines is 1. The fourth-order valence-corrected chi connectivity index (χ4v) is 1.58. The lowest BCUT2D eigenvalue weighted by Crippen LogP contribution is -2.20. The molecule has 1 aromatic carbocycles. The molecule has 16 heavy (non-hydrogen) atoms. The second-order valence-electron chi connectivity index (χ2n) is 3.75. The van der Waals surface area contributed by atoms with Gasteiger partial charge in [-0.1, -0.05) is 6.07 Å². The molecule has 0 amide bonds. The third-order valence-electron chi connectivity index (χ3n) is 2.30. The highest BCUT2D eigenvalue weighted by Gasteiger charge is 2.04. The van der Waals surface area contributed by atoms with Crippen LogP contribution in [0.4, 0.5) is 5.82 Å². The number of benzene rings is 1. The minimum atomic E-state index is 0.835. The number of pyridine rings is 1. The van der Waals surface area contributed by atoms with Crippen LogP contribution in [0.15, 0.2) is 30.5 Å². The highest BCUT2D eigenvalue weighted by atomic mass is 16.5. The molecule has 0 saturated carbocycles. The van der Waals surface area contributed by atoms with Crippen molar-refractivity contribution in [1.82, 2.24) is 9.99 Å². The zero-order chi connectivity index (χ0) is 11.5. The lowest BCUT2D eigenvalue weighted by atomic mass is 10.1. The summed E-state index contributed by atoms with van der Waals surface area (Å²) < 4.78 is 5.21. The van der Waals surface area contributed by atoms with E-state index in [1.54, 1.807) is 13.3 Å². The minimum absolute atomic E-state index is 0.835. The fourth-order valence-electron chi connectivity index (χ4n) is 1.58. The van der Waals surface area contributed by atoms with E-state index in [0.29, 0.717) is 0 Å². The van der Waals surface area contributed by atoms with Gasteiger partial charge in [0.2, 0.25) is 0 Å². The second kappa shape index (κ2) is 4.37. The molecule has 0 spiro atoms. The molecule has 4 heteroatoms. The molecule has 0 saturated heterocycles. The fraction of sp³-hybridized carbons (Fsp3) is 0.250. The summed E-state index contributed by atoms with van der Waals surface area (Å²) in [4.78, 5) is 4.31. The highest BCUT2D eigenvalue weighted by molar-refractivity contribution is 5.92. The van der Waals surface area contributed by atoms with Crippen molar-refractivity contribution >= 4 is 16.6 Å². The quantitative estimate of drug-likeness (QED) is 0.799. The van der Waals surface area contributed by atoms with Crippen LogP contribution in [0.2, 0.25) is 0 Å². The van der Waals surface area contributed by atoms with Gasteiger partial charge in [-0.15, -0.1) is 0 Å². The summed E-state index contributed by atoms with van der Waals surface area (Å²) in [6.07, 6.45) is 1.79. The Labute approximate surface area is 94.8 Å². The second-order valence-corrected chi connectivity index (χ2v) is 3.75. The Bertz CT molecular complexity index is 497. The molecule has 2 aromatic rings. The van der Waals surface area contributed by atoms with Crippen molar-refractivity contribution < 1.29 is 4.74 Å². The van der Waals surface area contributed by atoms with E-state index < -0.39 is 0 Å². The normalized spacial score (nSPS) is 10.8. The first-order chi connectivity index (χ1) is 7.70. The molecule has 0 radical (unpaired) electrons. The summed E-state index contributed by atoms with van der Waals surface area (Å²) in [5, 5.41) is 4.05. The monoisotopic (exact) mass is 217 g/mol. The highest BCUT2D eigenvalue weighted by Crippen LogP contribution is 2.25. The van der Waals surface area contributed by atoms with E-state index in [2.05, 4.69) is 10.4 Å². The van der Waals surface area contributed by atoms with Gasteiger partial charge in [0.05, 0.1) is 7.11 Å². The van der Waals surface area contributed by atoms with E-state index >= 15 is 0 Å². The van der Waals surface area contributed by atoms with E-state index in [0.717, 1.165) is 22.3 Å². The standard InChI is InChI=1S/C12H15N3O/c1-15(2)14-12-11-8-10(16-3)5-4-9(11)6-7-13-12/h4-8H,1-3H3,(H,13,14). The van der Waals surface area contributed by atoms with Gasteiger partial charge in [0.25, 0.3) is 0 Å². The lowest BCUT2D eigenvalue weighted by Gasteiger charge is -2.14. The number of aromatic nitrogens is 1. The van der Waals surface area contributed by atoms with Crippen LogP contribution < -0.4 is 10.2 Å². The van der Waals surface area contributed by atoms with Crippen LogP contribution in [0, 0.1) is 0 Å². The summed E-state index contributed by atoms with van der Waals surface area (Å²) in [5.74, 6) is 1.67. The summed E-state index contributed by atoms with van der Waals surface area (Å²) in [6.45, 7) is 0. The maximum atomic E-state index is 5.21. The van der Waals surface area contributed by atoms with E-state index in [-0.39, 0.29) is 0 Å². The topological polar surface area (TPSA) is 37.4 Å². The van der Waals surface area contributed by atoms with Crippen molar-refractivity contribution in [3.05, 3.63) is 30.5 Å². The number of rotatable bonds is 3. The Morgan fingerprint density at radius 3 is 2.75 bits per heavy atom. The number of nitrogens with one attached hydrogen (secondary N) is 1. The molecule has 0 atom stereocenters. The van der Waals surface area contributed by atoms with Gasteiger partial charge in [-0.2, -0.15) is 0 Å². The van der Waals surface area contributed by atoms with E-state index in [1.165, 1.54) is 0 Å². The molecule has 0 bridgehead atoms. The Morgan fingerprint density at radius 1 is 1.25 bits per heavy atom. The summed E-state index contributed by atoms with van der Waals surface area (Å²) in [5.41, 5.74) is 3.17. The molecule has 0 aliphatic heterocycles. The zero-order valence-corrected chi connectivity index (χ0v) is 9.69. The van der Waals surface area contributed by atoms with Gasteiger partial charge >= 0.3 is 0 Å². The molecule has 0 aliphatic carbocycles. The molecule has 0 fully saturated rings. The molecule has 1 aromatic heterocycles. The molecule has 0 aliphatic rings. The van der Waals surface area contributed by atoms with Crippen molar-refractivity contribution in [2.75, 3.05) is 26.6 Å². The maximum absolute atomic E-state index is 5.21. The van der Waals surface area contributed by atoms with Crippen molar-refractivity contribution in [3.63, 3.8) is 0 Å². The van der Waals surface area contributed by atoms with Crippen molar-refractivity contribution in [2.45, 2.75) is 0 Å². The smallest absolute Gasteiger partial charge is 0.148 e. The minimum Gasteiger partial charge on any atom is -0.497 e. The Morgan fingerprint density at radius 2 is 2.06 bits per heavy atom. The average Bonchev–Trinajstić information content (AvgIpc) is 2.28. The largest absolute Gasteiger partial charge is 0.497 e. The van der Waals surface area contributed by atoms with Gasteiger partial charge in [-0.25, -0.2) is 9.99 Å². The predicted octanol–water partition coefficient (Wildman–Crippen LogP) is 2.13. The first-order valence-electron chi connectivity index (χ1n) is 5.07. The van der Waals surface area contributed by atoms with Crippen molar-refractivity contribution in [1.29, 1.82) is 0 Å². The van der Waals surface area contributed by atoms with Crippen molar-refractivity contribution in [3.8, 4) is 5.75 Å². The van der Waals surface area contributed by atoms with Crippen LogP contribution in [0.3, 0.4) is 0 Å². The number of nitrogens with zero attached hydrogens (tertiary/aromatic N) is 2. The van der Waals surface area contributed by atoms with Crippen LogP contribution in [0.5, 0.6) is 5.75 Å². The molecule has 0 unspecified atom stereocenters. The summed E-state index contributed by atoms with van der Waals surface area (Å²) in [6, 6.07) is 7.93. The SMILES string of the molecule is COc1ccc2ccnc(NN(C)C)c2c1. The number of hydrogen-bond donors (Lipinski definition) is 1. The van der Waals surface area contributed by atoms with E-state index in [1.807, 2.05) is 43.4 Å². The Hall–Kier alpha value is -1.81. The van der Waals surface area contributed by atoms with Crippen LogP contribution in [-0.2, 0) is 0 Å². The number of ether oxygens (including phenoxy) is 1. The number of hydrazine groups is 1. The van der Waals surface area contributed by atoms with Crippen LogP contribution >= 0.6 is 0 Å². The van der Waals surface area contributed by atoms with E-state index in [9.17, 15) is 0 Å². The molecular formula is C12H15N3O. The van der Waals surface area contributed by atoms with Gasteiger partial charge in [0.15, 0.2) is 0 Å². The molecule has 84 valence electrons. The number of fused-ring (bicyclic) bond motifs is 1. The number of hydrogen-bond acceptors (Lipinski definition) is 4. The average molecular weight is 217 g/mol. The Balaban J connectivity index is 2.55. The Kier molecular flexibility index (Phi) is 2.92. The van der Waals surface area contributed by atoms with Gasteiger partial charge < -0.3 is 10.2 Å². The third-order valence-corrected chi connectivity index (χ3v) is 2.30. The van der Waals surface area contributed by atoms with Crippen LogP contribution in [0.1, 0.15) is 0 Å². The first-order valence-corrected chi connectivity index (χ1v) is 5.07. The molecular weight excluding hydrogens is 202 g/mol. The zero-order valence-electron chi connectivity index (χ0n) is 9.69. The van der Waals surface area contributed by atoms with Crippen LogP contribution in [-0.4, -0.2) is 31.2 Å². The predicted molar refractivity (Wildman–Crippen MR) is 65.6 cm³/mol. The molecule has 2 rings (SSSR count). The number of methoxy groups -OCH3 is 1. The summed E-state index contributed by atoms with van der Waals surface area (Å²) >= 11 is 0. The lowest BCUT2D eigenvalue weighted by molar-refractivity contribution is 0.415.